The summed E-state index contributed by atoms with van der Waals surface area (Å²) in [7, 11) is 1.55. The second-order valence-corrected chi connectivity index (χ2v) is 7.20. The number of nitrogens with zero attached hydrogens (tertiary/aromatic N) is 1. The molecule has 1 unspecified atom stereocenters. The quantitative estimate of drug-likeness (QED) is 0.253. The van der Waals surface area contributed by atoms with E-state index in [1.54, 1.807) is 25.3 Å². The van der Waals surface area contributed by atoms with Crippen molar-refractivity contribution in [2.45, 2.75) is 26.4 Å². The molecule has 1 atom stereocenters. The van der Waals surface area contributed by atoms with Crippen molar-refractivity contribution in [3.05, 3.63) is 51.1 Å². The number of anilines is 1. The van der Waals surface area contributed by atoms with Crippen molar-refractivity contribution in [2.75, 3.05) is 12.4 Å². The molecule has 28 heavy (non-hydrogen) atoms. The number of carbonyl (C=O) groups excluding carboxylic acids is 1. The van der Waals surface area contributed by atoms with Crippen LogP contribution in [0, 0.1) is 14.9 Å². The molecule has 0 radical (unpaired) electrons. The fourth-order valence-electron chi connectivity index (χ4n) is 2.28. The Morgan fingerprint density at radius 1 is 1.36 bits per heavy atom. The molecule has 6 nitrogen and oxygen atoms in total. The van der Waals surface area contributed by atoms with Crippen molar-refractivity contribution in [1.82, 2.24) is 0 Å². The van der Waals surface area contributed by atoms with Gasteiger partial charge in [-0.3, -0.25) is 4.79 Å². The number of nitrogens with one attached hydrogen (secondary N) is 1. The number of carbonyl (C=O) groups is 1. The maximum Gasteiger partial charge on any atom is 0.266 e. The van der Waals surface area contributed by atoms with Gasteiger partial charge in [-0.2, -0.15) is 5.26 Å². The van der Waals surface area contributed by atoms with Gasteiger partial charge in [0.1, 0.15) is 17.4 Å². The fraction of sp³-hybridized carbons (Fsp3) is 0.238. The number of hydrogen-bond acceptors (Lipinski definition) is 5. The minimum atomic E-state index is -0.540. The Kier molecular flexibility index (Phi) is 7.70. The Balaban J connectivity index is 2.30. The van der Waals surface area contributed by atoms with Gasteiger partial charge in [0.2, 0.25) is 0 Å². The van der Waals surface area contributed by atoms with Gasteiger partial charge in [-0.1, -0.05) is 6.92 Å². The molecule has 2 rings (SSSR count). The first-order valence-corrected chi connectivity index (χ1v) is 9.72. The standard InChI is InChI=1S/C21H21IN2O4/c1-4-13(2)28-20-18(22)10-14(11-19(20)27-3)9-15(12-23)21(26)24-16-5-7-17(25)8-6-16/h5-11,13,25H,4H2,1-3H3,(H,24,26). The van der Waals surface area contributed by atoms with Crippen LogP contribution >= 0.6 is 22.6 Å². The highest BCUT2D eigenvalue weighted by Crippen LogP contribution is 2.35. The number of phenols is 1. The molecule has 0 aliphatic carbocycles. The molecule has 0 aliphatic rings. The lowest BCUT2D eigenvalue weighted by Gasteiger charge is -2.17. The summed E-state index contributed by atoms with van der Waals surface area (Å²) in [5, 5.41) is 21.3. The third-order valence-electron chi connectivity index (χ3n) is 3.95. The molecule has 0 spiro atoms. The van der Waals surface area contributed by atoms with E-state index < -0.39 is 5.91 Å². The van der Waals surface area contributed by atoms with Crippen LogP contribution in [-0.2, 0) is 4.79 Å². The first kappa shape index (κ1) is 21.6. The van der Waals surface area contributed by atoms with Crippen LogP contribution in [0.25, 0.3) is 6.08 Å². The zero-order valence-corrected chi connectivity index (χ0v) is 18.0. The number of methoxy groups -OCH3 is 1. The van der Waals surface area contributed by atoms with Crippen molar-refractivity contribution in [2.24, 2.45) is 0 Å². The molecule has 146 valence electrons. The van der Waals surface area contributed by atoms with Crippen molar-refractivity contribution in [3.8, 4) is 23.3 Å². The number of phenolic OH excluding ortho intramolecular Hbond substituents is 1. The molecule has 0 heterocycles. The number of hydrogen-bond donors (Lipinski definition) is 2. The van der Waals surface area contributed by atoms with E-state index in [0.717, 1.165) is 9.99 Å². The van der Waals surface area contributed by atoms with Crippen molar-refractivity contribution in [3.63, 3.8) is 0 Å². The Labute approximate surface area is 177 Å². The third kappa shape index (κ3) is 5.63. The second kappa shape index (κ2) is 9.99. The summed E-state index contributed by atoms with van der Waals surface area (Å²) in [5.74, 6) is 0.730. The summed E-state index contributed by atoms with van der Waals surface area (Å²) < 4.78 is 12.2. The lowest BCUT2D eigenvalue weighted by atomic mass is 10.1. The number of nitriles is 1. The van der Waals surface area contributed by atoms with Crippen LogP contribution in [0.3, 0.4) is 0 Å². The fourth-order valence-corrected chi connectivity index (χ4v) is 3.03. The number of benzene rings is 2. The summed E-state index contributed by atoms with van der Waals surface area (Å²) >= 11 is 2.14. The van der Waals surface area contributed by atoms with Gasteiger partial charge < -0.3 is 19.9 Å². The van der Waals surface area contributed by atoms with Gasteiger partial charge in [0.05, 0.1) is 16.8 Å². The molecule has 2 N–H and O–H groups in total. The van der Waals surface area contributed by atoms with E-state index in [2.05, 4.69) is 27.9 Å². The van der Waals surface area contributed by atoms with E-state index in [1.165, 1.54) is 18.2 Å². The number of halogens is 1. The summed E-state index contributed by atoms with van der Waals surface area (Å²) in [5.41, 5.74) is 1.07. The van der Waals surface area contributed by atoms with Crippen LogP contribution in [0.1, 0.15) is 25.8 Å². The lowest BCUT2D eigenvalue weighted by Crippen LogP contribution is -2.13. The molecular weight excluding hydrogens is 471 g/mol. The molecular formula is C21H21IN2O4. The average molecular weight is 492 g/mol. The molecule has 0 bridgehead atoms. The van der Waals surface area contributed by atoms with Gasteiger partial charge in [-0.05, 0) is 84.0 Å². The molecule has 0 fully saturated rings. The minimum absolute atomic E-state index is 0.0366. The highest BCUT2D eigenvalue weighted by atomic mass is 127. The van der Waals surface area contributed by atoms with E-state index in [1.807, 2.05) is 26.0 Å². The summed E-state index contributed by atoms with van der Waals surface area (Å²) in [6.45, 7) is 4.01. The van der Waals surface area contributed by atoms with Crippen molar-refractivity contribution < 1.29 is 19.4 Å². The zero-order valence-electron chi connectivity index (χ0n) is 15.8. The molecule has 0 aliphatic heterocycles. The van der Waals surface area contributed by atoms with Crippen LogP contribution < -0.4 is 14.8 Å². The highest BCUT2D eigenvalue weighted by molar-refractivity contribution is 14.1. The van der Waals surface area contributed by atoms with Gasteiger partial charge >= 0.3 is 0 Å². The first-order valence-electron chi connectivity index (χ1n) is 8.64. The SMILES string of the molecule is CCC(C)Oc1c(I)cc(C=C(C#N)C(=O)Nc2ccc(O)cc2)cc1OC. The van der Waals surface area contributed by atoms with Crippen LogP contribution in [0.4, 0.5) is 5.69 Å². The van der Waals surface area contributed by atoms with E-state index in [9.17, 15) is 15.2 Å². The average Bonchev–Trinajstić information content (AvgIpc) is 2.69. The normalized spacial score (nSPS) is 12.0. The molecule has 0 saturated heterocycles. The predicted molar refractivity (Wildman–Crippen MR) is 116 cm³/mol. The smallest absolute Gasteiger partial charge is 0.266 e. The number of ether oxygens (including phenoxy) is 2. The van der Waals surface area contributed by atoms with Gasteiger partial charge in [0.25, 0.3) is 5.91 Å². The summed E-state index contributed by atoms with van der Waals surface area (Å²) in [4.78, 5) is 12.4. The summed E-state index contributed by atoms with van der Waals surface area (Å²) in [6.07, 6.45) is 2.39. The molecule has 0 saturated carbocycles. The molecule has 7 heteroatoms. The van der Waals surface area contributed by atoms with Crippen molar-refractivity contribution in [1.29, 1.82) is 5.26 Å². The Morgan fingerprint density at radius 3 is 2.61 bits per heavy atom. The largest absolute Gasteiger partial charge is 0.508 e. The van der Waals surface area contributed by atoms with Gasteiger partial charge in [-0.25, -0.2) is 0 Å². The Morgan fingerprint density at radius 2 is 2.04 bits per heavy atom. The molecule has 2 aromatic carbocycles. The van der Waals surface area contributed by atoms with Crippen LogP contribution in [0.5, 0.6) is 17.2 Å². The van der Waals surface area contributed by atoms with Gasteiger partial charge in [0, 0.05) is 5.69 Å². The third-order valence-corrected chi connectivity index (χ3v) is 4.75. The van der Waals surface area contributed by atoms with E-state index in [0.29, 0.717) is 22.7 Å². The lowest BCUT2D eigenvalue weighted by molar-refractivity contribution is -0.112. The van der Waals surface area contributed by atoms with E-state index >= 15 is 0 Å². The molecule has 1 amide bonds. The Bertz CT molecular complexity index is 917. The van der Waals surface area contributed by atoms with Crippen LogP contribution in [0.2, 0.25) is 0 Å². The summed E-state index contributed by atoms with van der Waals surface area (Å²) in [6, 6.07) is 11.5. The maximum atomic E-state index is 12.4. The number of aromatic hydroxyl groups is 1. The minimum Gasteiger partial charge on any atom is -0.508 e. The predicted octanol–water partition coefficient (Wildman–Crippen LogP) is 4.73. The zero-order chi connectivity index (χ0) is 20.7. The van der Waals surface area contributed by atoms with Crippen molar-refractivity contribution >= 4 is 40.3 Å². The maximum absolute atomic E-state index is 12.4. The number of rotatable bonds is 7. The van der Waals surface area contributed by atoms with E-state index in [-0.39, 0.29) is 17.4 Å². The molecule has 2 aromatic rings. The first-order chi connectivity index (χ1) is 13.4. The highest BCUT2D eigenvalue weighted by Gasteiger charge is 2.15. The second-order valence-electron chi connectivity index (χ2n) is 6.04. The van der Waals surface area contributed by atoms with Crippen LogP contribution in [-0.4, -0.2) is 24.2 Å². The van der Waals surface area contributed by atoms with Gasteiger partial charge in [-0.15, -0.1) is 0 Å². The topological polar surface area (TPSA) is 91.6 Å². The van der Waals surface area contributed by atoms with Crippen LogP contribution in [0.15, 0.2) is 42.0 Å². The monoisotopic (exact) mass is 492 g/mol. The number of amides is 1. The molecule has 0 aromatic heterocycles. The van der Waals surface area contributed by atoms with Gasteiger partial charge in [0.15, 0.2) is 11.5 Å². The van der Waals surface area contributed by atoms with E-state index in [4.69, 9.17) is 9.47 Å². The Hall–Kier alpha value is -2.73.